The van der Waals surface area contributed by atoms with E-state index in [2.05, 4.69) is 5.32 Å². The Labute approximate surface area is 150 Å². The maximum Gasteiger partial charge on any atom is 0.262 e. The zero-order valence-corrected chi connectivity index (χ0v) is 14.4. The van der Waals surface area contributed by atoms with Crippen molar-refractivity contribution in [1.29, 1.82) is 0 Å². The van der Waals surface area contributed by atoms with Crippen molar-refractivity contribution in [2.75, 3.05) is 11.9 Å². The van der Waals surface area contributed by atoms with Crippen LogP contribution in [0.15, 0.2) is 59.5 Å². The Morgan fingerprint density at radius 2 is 1.92 bits per heavy atom. The minimum absolute atomic E-state index is 0.0920. The summed E-state index contributed by atoms with van der Waals surface area (Å²) in [5, 5.41) is 3.64. The highest BCUT2D eigenvalue weighted by molar-refractivity contribution is 5.93. The van der Waals surface area contributed by atoms with E-state index in [0.29, 0.717) is 23.1 Å². The van der Waals surface area contributed by atoms with Crippen molar-refractivity contribution in [2.45, 2.75) is 19.9 Å². The summed E-state index contributed by atoms with van der Waals surface area (Å²) in [5.41, 5.74) is 0.00656. The third-order valence-electron chi connectivity index (χ3n) is 3.95. The molecule has 0 atom stereocenters. The van der Waals surface area contributed by atoms with Crippen LogP contribution in [0, 0.1) is 5.82 Å². The van der Waals surface area contributed by atoms with Gasteiger partial charge in [-0.3, -0.25) is 9.59 Å². The predicted molar refractivity (Wildman–Crippen MR) is 99.0 cm³/mol. The van der Waals surface area contributed by atoms with E-state index in [4.69, 9.17) is 4.74 Å². The Hall–Kier alpha value is -3.15. The van der Waals surface area contributed by atoms with Gasteiger partial charge in [-0.05, 0) is 36.8 Å². The minimum Gasteiger partial charge on any atom is -0.483 e. The molecule has 0 bridgehead atoms. The second-order valence-corrected chi connectivity index (χ2v) is 5.85. The van der Waals surface area contributed by atoms with Crippen molar-refractivity contribution >= 4 is 22.4 Å². The van der Waals surface area contributed by atoms with Gasteiger partial charge in [0.2, 0.25) is 0 Å². The molecular formula is C20H19FN2O3. The summed E-state index contributed by atoms with van der Waals surface area (Å²) in [4.78, 5) is 24.5. The second-order valence-electron chi connectivity index (χ2n) is 5.85. The van der Waals surface area contributed by atoms with E-state index in [-0.39, 0.29) is 17.9 Å². The topological polar surface area (TPSA) is 60.3 Å². The van der Waals surface area contributed by atoms with Gasteiger partial charge in [0, 0.05) is 18.1 Å². The molecule has 1 aromatic heterocycles. The molecule has 3 rings (SSSR count). The van der Waals surface area contributed by atoms with Crippen LogP contribution in [0.2, 0.25) is 0 Å². The number of nitrogens with one attached hydrogen (secondary N) is 1. The van der Waals surface area contributed by atoms with E-state index < -0.39 is 11.7 Å². The number of aromatic nitrogens is 1. The smallest absolute Gasteiger partial charge is 0.262 e. The quantitative estimate of drug-likeness (QED) is 0.736. The molecule has 0 aliphatic heterocycles. The van der Waals surface area contributed by atoms with Crippen molar-refractivity contribution in [2.24, 2.45) is 0 Å². The first-order valence-corrected chi connectivity index (χ1v) is 8.39. The molecule has 0 spiro atoms. The molecule has 1 amide bonds. The Morgan fingerprint density at radius 3 is 2.69 bits per heavy atom. The third-order valence-corrected chi connectivity index (χ3v) is 3.95. The minimum atomic E-state index is -0.512. The Balaban J connectivity index is 1.77. The van der Waals surface area contributed by atoms with Gasteiger partial charge in [-0.1, -0.05) is 25.1 Å². The molecule has 2 aromatic carbocycles. The van der Waals surface area contributed by atoms with Crippen LogP contribution in [-0.4, -0.2) is 17.1 Å². The number of hydrogen-bond acceptors (Lipinski definition) is 3. The number of amides is 1. The number of anilines is 1. The van der Waals surface area contributed by atoms with Gasteiger partial charge in [-0.25, -0.2) is 4.39 Å². The molecule has 0 aliphatic carbocycles. The van der Waals surface area contributed by atoms with Crippen LogP contribution < -0.4 is 15.6 Å². The summed E-state index contributed by atoms with van der Waals surface area (Å²) in [6.45, 7) is 2.36. The lowest BCUT2D eigenvalue weighted by Crippen LogP contribution is -2.21. The lowest BCUT2D eigenvalue weighted by molar-refractivity contribution is -0.118. The number of carbonyl (C=O) groups excluding carboxylic acids is 1. The number of rotatable bonds is 6. The first-order chi connectivity index (χ1) is 12.6. The molecule has 3 aromatic rings. The highest BCUT2D eigenvalue weighted by atomic mass is 19.1. The van der Waals surface area contributed by atoms with E-state index in [9.17, 15) is 14.0 Å². The second kappa shape index (κ2) is 7.82. The molecule has 5 nitrogen and oxygen atoms in total. The molecule has 0 saturated heterocycles. The van der Waals surface area contributed by atoms with Crippen molar-refractivity contribution in [3.8, 4) is 5.75 Å². The monoisotopic (exact) mass is 354 g/mol. The number of benzene rings is 2. The number of pyridine rings is 1. The number of para-hydroxylation sites is 1. The van der Waals surface area contributed by atoms with E-state index >= 15 is 0 Å². The largest absolute Gasteiger partial charge is 0.483 e. The summed E-state index contributed by atoms with van der Waals surface area (Å²) in [7, 11) is 0. The molecule has 6 heteroatoms. The average molecular weight is 354 g/mol. The molecule has 1 heterocycles. The predicted octanol–water partition coefficient (Wildman–Crippen LogP) is 3.57. The van der Waals surface area contributed by atoms with E-state index in [0.717, 1.165) is 6.42 Å². The Morgan fingerprint density at radius 1 is 1.12 bits per heavy atom. The molecule has 26 heavy (non-hydrogen) atoms. The fraction of sp³-hybridized carbons (Fsp3) is 0.200. The van der Waals surface area contributed by atoms with E-state index in [1.165, 1.54) is 12.1 Å². The summed E-state index contributed by atoms with van der Waals surface area (Å²) in [6.07, 6.45) is 2.58. The van der Waals surface area contributed by atoms with Gasteiger partial charge in [-0.15, -0.1) is 0 Å². The zero-order valence-electron chi connectivity index (χ0n) is 14.4. The average Bonchev–Trinajstić information content (AvgIpc) is 2.64. The number of halogens is 1. The molecule has 0 radical (unpaired) electrons. The van der Waals surface area contributed by atoms with Crippen molar-refractivity contribution in [3.63, 3.8) is 0 Å². The first-order valence-electron chi connectivity index (χ1n) is 8.39. The Bertz CT molecular complexity index is 998. The number of carbonyl (C=O) groups is 1. The number of fused-ring (bicyclic) bond motifs is 1. The number of aryl methyl sites for hydroxylation is 1. The molecule has 0 aliphatic rings. The lowest BCUT2D eigenvalue weighted by atomic mass is 10.1. The van der Waals surface area contributed by atoms with Gasteiger partial charge in [0.25, 0.3) is 11.5 Å². The SMILES string of the molecule is CCCn1ccc2c(OCC(=O)Nc3ccccc3F)cccc2c1=O. The van der Waals surface area contributed by atoms with Gasteiger partial charge in [0.1, 0.15) is 11.6 Å². The summed E-state index contributed by atoms with van der Waals surface area (Å²) in [5.74, 6) is -0.555. The van der Waals surface area contributed by atoms with Crippen molar-refractivity contribution in [3.05, 3.63) is 70.9 Å². The zero-order chi connectivity index (χ0) is 18.5. The molecule has 0 fully saturated rings. The maximum atomic E-state index is 13.6. The van der Waals surface area contributed by atoms with Gasteiger partial charge in [0.05, 0.1) is 11.1 Å². The normalized spacial score (nSPS) is 10.7. The van der Waals surface area contributed by atoms with Crippen LogP contribution in [-0.2, 0) is 11.3 Å². The van der Waals surface area contributed by atoms with Gasteiger partial charge in [-0.2, -0.15) is 0 Å². The lowest BCUT2D eigenvalue weighted by Gasteiger charge is -2.11. The van der Waals surface area contributed by atoms with Crippen molar-refractivity contribution in [1.82, 2.24) is 4.57 Å². The van der Waals surface area contributed by atoms with Gasteiger partial charge < -0.3 is 14.6 Å². The highest BCUT2D eigenvalue weighted by Crippen LogP contribution is 2.23. The number of nitrogens with zero attached hydrogens (tertiary/aromatic N) is 1. The Kier molecular flexibility index (Phi) is 5.31. The van der Waals surface area contributed by atoms with E-state index in [1.807, 2.05) is 6.92 Å². The molecule has 1 N–H and O–H groups in total. The van der Waals surface area contributed by atoms with Crippen molar-refractivity contribution < 1.29 is 13.9 Å². The molecule has 0 unspecified atom stereocenters. The summed E-state index contributed by atoms with van der Waals surface area (Å²) >= 11 is 0. The van der Waals surface area contributed by atoms with Crippen LogP contribution in [0.25, 0.3) is 10.8 Å². The number of hydrogen-bond donors (Lipinski definition) is 1. The van der Waals surface area contributed by atoms with Gasteiger partial charge in [0.15, 0.2) is 6.61 Å². The van der Waals surface area contributed by atoms with Crippen LogP contribution in [0.4, 0.5) is 10.1 Å². The molecular weight excluding hydrogens is 335 g/mol. The third kappa shape index (κ3) is 3.74. The maximum absolute atomic E-state index is 13.6. The molecule has 0 saturated carbocycles. The van der Waals surface area contributed by atoms with Crippen LogP contribution in [0.5, 0.6) is 5.75 Å². The fourth-order valence-corrected chi connectivity index (χ4v) is 2.72. The molecule has 134 valence electrons. The van der Waals surface area contributed by atoms with Gasteiger partial charge >= 0.3 is 0 Å². The first kappa shape index (κ1) is 17.7. The van der Waals surface area contributed by atoms with Crippen LogP contribution in [0.3, 0.4) is 0 Å². The van der Waals surface area contributed by atoms with Crippen LogP contribution in [0.1, 0.15) is 13.3 Å². The number of ether oxygens (including phenoxy) is 1. The van der Waals surface area contributed by atoms with Crippen LogP contribution >= 0.6 is 0 Å². The summed E-state index contributed by atoms with van der Waals surface area (Å²) in [6, 6.07) is 12.9. The highest BCUT2D eigenvalue weighted by Gasteiger charge is 2.10. The fourth-order valence-electron chi connectivity index (χ4n) is 2.72. The standard InChI is InChI=1S/C20H19FN2O3/c1-2-11-23-12-10-14-15(20(23)25)6-5-9-18(14)26-13-19(24)22-17-8-4-3-7-16(17)21/h3-10,12H,2,11,13H2,1H3,(H,22,24). The van der Waals surface area contributed by atoms with E-state index in [1.54, 1.807) is 47.2 Å². The summed E-state index contributed by atoms with van der Waals surface area (Å²) < 4.78 is 20.8.